The van der Waals surface area contributed by atoms with Crippen LogP contribution in [0.2, 0.25) is 0 Å². The summed E-state index contributed by atoms with van der Waals surface area (Å²) in [6.45, 7) is 2.01. The van der Waals surface area contributed by atoms with E-state index in [4.69, 9.17) is 9.47 Å². The van der Waals surface area contributed by atoms with Crippen LogP contribution in [-0.2, 0) is 11.3 Å². The number of carbonyl (C=O) groups is 1. The van der Waals surface area contributed by atoms with Crippen LogP contribution in [0.3, 0.4) is 0 Å². The molecule has 1 N–H and O–H groups in total. The Kier molecular flexibility index (Phi) is 6.67. The Morgan fingerprint density at radius 3 is 2.67 bits per heavy atom. The fourth-order valence-corrected chi connectivity index (χ4v) is 4.22. The molecule has 1 aliphatic heterocycles. The van der Waals surface area contributed by atoms with Crippen molar-refractivity contribution in [3.63, 3.8) is 0 Å². The molecule has 2 heterocycles. The molecule has 30 heavy (non-hydrogen) atoms. The Bertz CT molecular complexity index is 846. The van der Waals surface area contributed by atoms with Crippen LogP contribution in [0.4, 0.5) is 5.95 Å². The number of aromatic nitrogens is 2. The summed E-state index contributed by atoms with van der Waals surface area (Å²) in [7, 11) is 1.60. The highest BCUT2D eigenvalue weighted by Crippen LogP contribution is 2.27. The molecule has 1 saturated heterocycles. The Hall–Kier alpha value is -2.83. The lowest BCUT2D eigenvalue weighted by atomic mass is 9.96. The average molecular weight is 411 g/mol. The number of anilines is 1. The van der Waals surface area contributed by atoms with Crippen LogP contribution in [0, 0.1) is 5.92 Å². The Balaban J connectivity index is 1.28. The number of para-hydroxylation sites is 1. The molecule has 0 atom stereocenters. The molecular weight excluding hydrogens is 380 g/mol. The molecule has 1 aromatic heterocycles. The molecular formula is C23H30N4O3. The van der Waals surface area contributed by atoms with Gasteiger partial charge in [0.2, 0.25) is 17.7 Å². The van der Waals surface area contributed by atoms with Gasteiger partial charge in [-0.3, -0.25) is 4.79 Å². The van der Waals surface area contributed by atoms with Crippen LogP contribution in [0.5, 0.6) is 11.6 Å². The number of benzene rings is 1. The smallest absolute Gasteiger partial charge is 0.228 e. The normalized spacial score (nSPS) is 17.7. The largest absolute Gasteiger partial charge is 0.490 e. The van der Waals surface area contributed by atoms with Gasteiger partial charge in [0, 0.05) is 43.4 Å². The van der Waals surface area contributed by atoms with Gasteiger partial charge in [0.05, 0.1) is 13.2 Å². The molecule has 1 saturated carbocycles. The Morgan fingerprint density at radius 2 is 1.90 bits per heavy atom. The van der Waals surface area contributed by atoms with E-state index in [1.807, 2.05) is 24.3 Å². The van der Waals surface area contributed by atoms with Crippen molar-refractivity contribution in [1.29, 1.82) is 0 Å². The highest BCUT2D eigenvalue weighted by atomic mass is 16.5. The molecule has 7 heteroatoms. The molecule has 1 amide bonds. The van der Waals surface area contributed by atoms with E-state index < -0.39 is 0 Å². The number of hydrogen-bond acceptors (Lipinski definition) is 6. The lowest BCUT2D eigenvalue weighted by molar-refractivity contribution is -0.125. The van der Waals surface area contributed by atoms with E-state index in [-0.39, 0.29) is 11.8 Å². The van der Waals surface area contributed by atoms with E-state index in [9.17, 15) is 4.79 Å². The van der Waals surface area contributed by atoms with Gasteiger partial charge in [-0.1, -0.05) is 18.2 Å². The monoisotopic (exact) mass is 410 g/mol. The van der Waals surface area contributed by atoms with Crippen molar-refractivity contribution in [2.75, 3.05) is 25.1 Å². The zero-order valence-corrected chi connectivity index (χ0v) is 17.5. The predicted octanol–water partition coefficient (Wildman–Crippen LogP) is 3.34. The van der Waals surface area contributed by atoms with Gasteiger partial charge in [-0.25, -0.2) is 4.98 Å². The van der Waals surface area contributed by atoms with Crippen molar-refractivity contribution in [3.05, 3.63) is 42.1 Å². The molecule has 0 spiro atoms. The SMILES string of the molecule is COc1ccnc(N2CCC(C(=O)NCc3ccccc3OC3CCCC3)CC2)n1. The summed E-state index contributed by atoms with van der Waals surface area (Å²) < 4.78 is 11.4. The Labute approximate surface area is 177 Å². The van der Waals surface area contributed by atoms with E-state index in [2.05, 4.69) is 20.2 Å². The second-order valence-corrected chi connectivity index (χ2v) is 8.01. The van der Waals surface area contributed by atoms with E-state index in [1.165, 1.54) is 12.8 Å². The lowest BCUT2D eigenvalue weighted by Gasteiger charge is -2.31. The number of methoxy groups -OCH3 is 1. The molecule has 1 aliphatic carbocycles. The van der Waals surface area contributed by atoms with E-state index in [0.717, 1.165) is 50.1 Å². The molecule has 1 aromatic carbocycles. The number of rotatable bonds is 7. The molecule has 2 aliphatic rings. The molecule has 2 aromatic rings. The first-order valence-electron chi connectivity index (χ1n) is 10.9. The van der Waals surface area contributed by atoms with Gasteiger partial charge >= 0.3 is 0 Å². The van der Waals surface area contributed by atoms with Crippen LogP contribution in [0.25, 0.3) is 0 Å². The number of piperidine rings is 1. The van der Waals surface area contributed by atoms with E-state index >= 15 is 0 Å². The van der Waals surface area contributed by atoms with Gasteiger partial charge in [0.1, 0.15) is 5.75 Å². The second kappa shape index (κ2) is 9.78. The van der Waals surface area contributed by atoms with Crippen molar-refractivity contribution in [2.45, 2.75) is 51.2 Å². The molecule has 7 nitrogen and oxygen atoms in total. The maximum Gasteiger partial charge on any atom is 0.228 e. The van der Waals surface area contributed by atoms with Gasteiger partial charge < -0.3 is 19.7 Å². The molecule has 0 bridgehead atoms. The first-order valence-corrected chi connectivity index (χ1v) is 10.9. The molecule has 0 unspecified atom stereocenters. The number of amides is 1. The quantitative estimate of drug-likeness (QED) is 0.754. The van der Waals surface area contributed by atoms with Crippen LogP contribution in [-0.4, -0.2) is 42.2 Å². The van der Waals surface area contributed by atoms with E-state index in [0.29, 0.717) is 24.5 Å². The highest BCUT2D eigenvalue weighted by molar-refractivity contribution is 5.79. The zero-order valence-electron chi connectivity index (χ0n) is 17.5. The first-order chi connectivity index (χ1) is 14.7. The summed E-state index contributed by atoms with van der Waals surface area (Å²) in [4.78, 5) is 23.6. The number of hydrogen-bond donors (Lipinski definition) is 1. The minimum atomic E-state index is 0.00905. The summed E-state index contributed by atoms with van der Waals surface area (Å²) in [5, 5.41) is 3.12. The van der Waals surface area contributed by atoms with Crippen LogP contribution in [0.15, 0.2) is 36.5 Å². The van der Waals surface area contributed by atoms with Gasteiger partial charge in [-0.2, -0.15) is 4.98 Å². The van der Waals surface area contributed by atoms with Crippen LogP contribution >= 0.6 is 0 Å². The summed E-state index contributed by atoms with van der Waals surface area (Å²) in [5.41, 5.74) is 1.04. The van der Waals surface area contributed by atoms with Gasteiger partial charge in [-0.15, -0.1) is 0 Å². The Morgan fingerprint density at radius 1 is 1.13 bits per heavy atom. The third-order valence-corrected chi connectivity index (χ3v) is 6.00. The van der Waals surface area contributed by atoms with Crippen molar-refractivity contribution >= 4 is 11.9 Å². The lowest BCUT2D eigenvalue weighted by Crippen LogP contribution is -2.41. The van der Waals surface area contributed by atoms with E-state index in [1.54, 1.807) is 19.4 Å². The van der Waals surface area contributed by atoms with Crippen molar-refractivity contribution < 1.29 is 14.3 Å². The van der Waals surface area contributed by atoms with Gasteiger partial charge in [-0.05, 0) is 44.6 Å². The standard InChI is InChI=1S/C23H30N4O3/c1-29-21-10-13-24-23(26-21)27-14-11-17(12-15-27)22(28)25-16-18-6-2-5-9-20(18)30-19-7-3-4-8-19/h2,5-6,9-10,13,17,19H,3-4,7-8,11-12,14-16H2,1H3,(H,25,28). The molecule has 0 radical (unpaired) electrons. The van der Waals surface area contributed by atoms with Crippen molar-refractivity contribution in [3.8, 4) is 11.6 Å². The third-order valence-electron chi connectivity index (χ3n) is 6.00. The predicted molar refractivity (Wildman–Crippen MR) is 115 cm³/mol. The number of nitrogens with one attached hydrogen (secondary N) is 1. The second-order valence-electron chi connectivity index (χ2n) is 8.01. The maximum absolute atomic E-state index is 12.7. The molecule has 2 fully saturated rings. The van der Waals surface area contributed by atoms with Crippen molar-refractivity contribution in [2.24, 2.45) is 5.92 Å². The van der Waals surface area contributed by atoms with Crippen LogP contribution in [0.1, 0.15) is 44.1 Å². The fraction of sp³-hybridized carbons (Fsp3) is 0.522. The minimum Gasteiger partial charge on any atom is -0.490 e. The summed E-state index contributed by atoms with van der Waals surface area (Å²) >= 11 is 0. The highest BCUT2D eigenvalue weighted by Gasteiger charge is 2.26. The molecule has 160 valence electrons. The molecule has 4 rings (SSSR count). The first kappa shape index (κ1) is 20.4. The van der Waals surface area contributed by atoms with Crippen molar-refractivity contribution in [1.82, 2.24) is 15.3 Å². The van der Waals surface area contributed by atoms with Gasteiger partial charge in [0.15, 0.2) is 0 Å². The topological polar surface area (TPSA) is 76.6 Å². The van der Waals surface area contributed by atoms with Crippen LogP contribution < -0.4 is 19.7 Å². The zero-order chi connectivity index (χ0) is 20.8. The summed E-state index contributed by atoms with van der Waals surface area (Å²) in [6, 6.07) is 9.76. The van der Waals surface area contributed by atoms with Gasteiger partial charge in [0.25, 0.3) is 0 Å². The minimum absolute atomic E-state index is 0.00905. The fourth-order valence-electron chi connectivity index (χ4n) is 4.22. The average Bonchev–Trinajstić information content (AvgIpc) is 3.31. The maximum atomic E-state index is 12.7. The summed E-state index contributed by atoms with van der Waals surface area (Å²) in [5.74, 6) is 2.23. The summed E-state index contributed by atoms with van der Waals surface area (Å²) in [6.07, 6.45) is 8.30. The third kappa shape index (κ3) is 5.01. The number of nitrogens with zero attached hydrogens (tertiary/aromatic N) is 3. The number of carbonyl (C=O) groups excluding carboxylic acids is 1. The number of ether oxygens (including phenoxy) is 2.